The van der Waals surface area contributed by atoms with Gasteiger partial charge in [-0.1, -0.05) is 12.1 Å². The number of nitrogen functional groups attached to an aromatic ring is 1. The summed E-state index contributed by atoms with van der Waals surface area (Å²) in [4.78, 5) is 12.6. The summed E-state index contributed by atoms with van der Waals surface area (Å²) in [5.41, 5.74) is 9.31. The Kier molecular flexibility index (Phi) is 4.01. The molecule has 7 nitrogen and oxygen atoms in total. The van der Waals surface area contributed by atoms with Gasteiger partial charge in [-0.25, -0.2) is 4.68 Å². The molecule has 0 saturated carbocycles. The molecule has 3 N–H and O–H groups in total. The van der Waals surface area contributed by atoms with Gasteiger partial charge in [0, 0.05) is 5.56 Å². The summed E-state index contributed by atoms with van der Waals surface area (Å²) in [6, 6.07) is 16.5. The lowest BCUT2D eigenvalue weighted by Crippen LogP contribution is -2.28. The average molecular weight is 359 g/mol. The quantitative estimate of drug-likeness (QED) is 0.748. The second-order valence-corrected chi connectivity index (χ2v) is 6.30. The van der Waals surface area contributed by atoms with Crippen molar-refractivity contribution in [2.24, 2.45) is 0 Å². The Labute approximate surface area is 156 Å². The van der Waals surface area contributed by atoms with Crippen molar-refractivity contribution in [3.05, 3.63) is 65.2 Å². The number of aromatic nitrogens is 2. The molecule has 0 spiro atoms. The van der Waals surface area contributed by atoms with E-state index in [0.717, 1.165) is 22.6 Å². The second kappa shape index (κ2) is 6.50. The fourth-order valence-electron chi connectivity index (χ4n) is 3.25. The van der Waals surface area contributed by atoms with E-state index in [1.54, 1.807) is 36.1 Å². The third-order valence-corrected chi connectivity index (χ3v) is 4.75. The van der Waals surface area contributed by atoms with E-state index < -0.39 is 0 Å². The third-order valence-electron chi connectivity index (χ3n) is 4.75. The molecule has 0 aliphatic carbocycles. The molecule has 2 aromatic carbocycles. The molecule has 27 heavy (non-hydrogen) atoms. The Morgan fingerprint density at radius 3 is 2.56 bits per heavy atom. The fourth-order valence-corrected chi connectivity index (χ4v) is 3.25. The number of carbonyl (C=O) groups is 1. The molecule has 134 valence electrons. The second-order valence-electron chi connectivity index (χ2n) is 6.30. The van der Waals surface area contributed by atoms with Gasteiger partial charge in [0.15, 0.2) is 5.82 Å². The van der Waals surface area contributed by atoms with Crippen LogP contribution in [0.3, 0.4) is 0 Å². The highest BCUT2D eigenvalue weighted by Crippen LogP contribution is 2.35. The molecule has 1 amide bonds. The van der Waals surface area contributed by atoms with Crippen molar-refractivity contribution in [3.63, 3.8) is 0 Å². The minimum absolute atomic E-state index is 0.114. The Hall–Kier alpha value is -3.79. The Balaban J connectivity index is 1.68. The molecule has 0 saturated heterocycles. The van der Waals surface area contributed by atoms with Gasteiger partial charge in [0.25, 0.3) is 0 Å². The van der Waals surface area contributed by atoms with Crippen molar-refractivity contribution in [2.75, 3.05) is 18.2 Å². The first-order chi connectivity index (χ1) is 13.1. The molecular weight excluding hydrogens is 342 g/mol. The molecule has 1 aromatic heterocycles. The number of benzene rings is 2. The largest absolute Gasteiger partial charge is 0.497 e. The molecule has 4 rings (SSSR count). The highest BCUT2D eigenvalue weighted by atomic mass is 16.5. The zero-order valence-corrected chi connectivity index (χ0v) is 14.6. The van der Waals surface area contributed by atoms with Gasteiger partial charge in [0.1, 0.15) is 11.6 Å². The maximum absolute atomic E-state index is 12.6. The predicted octanol–water partition coefficient (Wildman–Crippen LogP) is 2.61. The summed E-state index contributed by atoms with van der Waals surface area (Å²) in [6.07, 6.45) is 0.468. The van der Waals surface area contributed by atoms with Crippen molar-refractivity contribution < 1.29 is 9.53 Å². The zero-order valence-electron chi connectivity index (χ0n) is 14.6. The molecule has 0 fully saturated rings. The van der Waals surface area contributed by atoms with E-state index in [9.17, 15) is 4.79 Å². The van der Waals surface area contributed by atoms with Crippen molar-refractivity contribution in [1.29, 1.82) is 5.26 Å². The lowest BCUT2D eigenvalue weighted by atomic mass is 9.89. The molecule has 1 unspecified atom stereocenters. The van der Waals surface area contributed by atoms with Gasteiger partial charge in [-0.15, -0.1) is 5.10 Å². The number of nitrogens with one attached hydrogen (secondary N) is 1. The number of fused-ring (bicyclic) bond motifs is 1. The number of anilines is 2. The van der Waals surface area contributed by atoms with Crippen LogP contribution in [0.2, 0.25) is 0 Å². The number of amides is 1. The van der Waals surface area contributed by atoms with Gasteiger partial charge in [-0.05, 0) is 48.4 Å². The summed E-state index contributed by atoms with van der Waals surface area (Å²) in [7, 11) is 1.60. The Bertz CT molecular complexity index is 1050. The maximum Gasteiger partial charge on any atom is 0.233 e. The molecule has 1 aliphatic heterocycles. The van der Waals surface area contributed by atoms with Crippen LogP contribution in [0, 0.1) is 11.3 Å². The number of nitrogens with zero attached hydrogens (tertiary/aromatic N) is 3. The maximum atomic E-state index is 12.6. The first kappa shape index (κ1) is 16.7. The van der Waals surface area contributed by atoms with Crippen LogP contribution >= 0.6 is 0 Å². The molecule has 2 heterocycles. The third kappa shape index (κ3) is 2.87. The summed E-state index contributed by atoms with van der Waals surface area (Å²) in [5, 5.41) is 16.2. The number of hydrogen-bond acceptors (Lipinski definition) is 5. The van der Waals surface area contributed by atoms with Gasteiger partial charge in [0.05, 0.1) is 30.3 Å². The summed E-state index contributed by atoms with van der Waals surface area (Å²) in [5.74, 6) is 1.24. The average Bonchev–Trinajstić information content (AvgIpc) is 3.03. The van der Waals surface area contributed by atoms with Gasteiger partial charge < -0.3 is 15.8 Å². The van der Waals surface area contributed by atoms with E-state index in [0.29, 0.717) is 23.6 Å². The minimum atomic E-state index is -0.343. The zero-order chi connectivity index (χ0) is 19.0. The summed E-state index contributed by atoms with van der Waals surface area (Å²) < 4.78 is 6.76. The molecule has 1 aliphatic rings. The van der Waals surface area contributed by atoms with Gasteiger partial charge in [-0.2, -0.15) is 5.26 Å². The first-order valence-corrected chi connectivity index (χ1v) is 8.43. The van der Waals surface area contributed by atoms with Crippen LogP contribution in [0.5, 0.6) is 5.75 Å². The highest BCUT2D eigenvalue weighted by molar-refractivity contribution is 5.99. The van der Waals surface area contributed by atoms with Gasteiger partial charge >= 0.3 is 0 Å². The van der Waals surface area contributed by atoms with Crippen LogP contribution < -0.4 is 15.8 Å². The number of carbonyl (C=O) groups excluding carboxylic acids is 1. The normalized spacial score (nSPS) is 15.6. The Morgan fingerprint density at radius 2 is 1.93 bits per heavy atom. The number of rotatable bonds is 3. The number of nitrogens with two attached hydrogens (primary N) is 1. The van der Waals surface area contributed by atoms with Crippen LogP contribution in [0.4, 0.5) is 11.6 Å². The van der Waals surface area contributed by atoms with Crippen molar-refractivity contribution >= 4 is 17.5 Å². The number of nitriles is 1. The summed E-state index contributed by atoms with van der Waals surface area (Å²) in [6.45, 7) is 0. The Morgan fingerprint density at radius 1 is 1.22 bits per heavy atom. The molecule has 0 radical (unpaired) electrons. The number of hydrogen-bond donors (Lipinski definition) is 2. The van der Waals surface area contributed by atoms with E-state index in [1.807, 2.05) is 24.3 Å². The standard InChI is InChI=1S/C20H17N5O2/c1-27-15-8-4-13(5-9-15)16-10-17-18(22)25(24-19(17)23-20(16)26)14-6-2-12(11-21)3-7-14/h2-9,16H,10,22H2,1H3,(H,23,24,26). The lowest BCUT2D eigenvalue weighted by molar-refractivity contribution is -0.117. The molecular formula is C20H17N5O2. The van der Waals surface area contributed by atoms with Crippen LogP contribution in [0.15, 0.2) is 48.5 Å². The van der Waals surface area contributed by atoms with E-state index in [4.69, 9.17) is 15.7 Å². The smallest absolute Gasteiger partial charge is 0.233 e. The van der Waals surface area contributed by atoms with E-state index in [2.05, 4.69) is 16.5 Å². The molecule has 3 aromatic rings. The monoisotopic (exact) mass is 359 g/mol. The molecule has 1 atom stereocenters. The highest BCUT2D eigenvalue weighted by Gasteiger charge is 2.32. The topological polar surface area (TPSA) is 106 Å². The number of methoxy groups -OCH3 is 1. The predicted molar refractivity (Wildman–Crippen MR) is 101 cm³/mol. The van der Waals surface area contributed by atoms with E-state index in [1.165, 1.54) is 0 Å². The van der Waals surface area contributed by atoms with Crippen molar-refractivity contribution in [1.82, 2.24) is 9.78 Å². The van der Waals surface area contributed by atoms with Gasteiger partial charge in [0.2, 0.25) is 5.91 Å². The van der Waals surface area contributed by atoms with Crippen LogP contribution in [-0.4, -0.2) is 22.8 Å². The van der Waals surface area contributed by atoms with E-state index >= 15 is 0 Å². The van der Waals surface area contributed by atoms with Gasteiger partial charge in [-0.3, -0.25) is 4.79 Å². The summed E-state index contributed by atoms with van der Waals surface area (Å²) >= 11 is 0. The SMILES string of the molecule is COc1ccc(C2Cc3c(nn(-c4ccc(C#N)cc4)c3N)NC2=O)cc1. The van der Waals surface area contributed by atoms with E-state index in [-0.39, 0.29) is 11.8 Å². The van der Waals surface area contributed by atoms with Crippen LogP contribution in [-0.2, 0) is 11.2 Å². The number of ether oxygens (including phenoxy) is 1. The van der Waals surface area contributed by atoms with Crippen LogP contribution in [0.1, 0.15) is 22.6 Å². The fraction of sp³-hybridized carbons (Fsp3) is 0.150. The lowest BCUT2D eigenvalue weighted by Gasteiger charge is -2.22. The minimum Gasteiger partial charge on any atom is -0.497 e. The molecule has 7 heteroatoms. The van der Waals surface area contributed by atoms with Crippen molar-refractivity contribution in [3.8, 4) is 17.5 Å². The first-order valence-electron chi connectivity index (χ1n) is 8.43. The van der Waals surface area contributed by atoms with Crippen LogP contribution in [0.25, 0.3) is 5.69 Å². The van der Waals surface area contributed by atoms with Crippen molar-refractivity contribution in [2.45, 2.75) is 12.3 Å². The molecule has 0 bridgehead atoms.